The maximum absolute atomic E-state index is 6.25. The molecule has 0 aliphatic carbocycles. The number of aromatic nitrogens is 2. The third kappa shape index (κ3) is 2.11. The van der Waals surface area contributed by atoms with Gasteiger partial charge < -0.3 is 5.32 Å². The van der Waals surface area contributed by atoms with Crippen molar-refractivity contribution in [2.24, 2.45) is 0 Å². The molecule has 0 radical (unpaired) electrons. The van der Waals surface area contributed by atoms with Crippen molar-refractivity contribution in [1.29, 1.82) is 0 Å². The Morgan fingerprint density at radius 1 is 1.26 bits per heavy atom. The van der Waals surface area contributed by atoms with Gasteiger partial charge in [0.25, 0.3) is 0 Å². The van der Waals surface area contributed by atoms with Crippen molar-refractivity contribution < 1.29 is 0 Å². The van der Waals surface area contributed by atoms with Crippen LogP contribution in [0.25, 0.3) is 16.9 Å². The molecule has 0 aliphatic heterocycles. The van der Waals surface area contributed by atoms with Crippen LogP contribution in [0.3, 0.4) is 0 Å². The summed E-state index contributed by atoms with van der Waals surface area (Å²) >= 11 is 9.75. The Morgan fingerprint density at radius 3 is 2.79 bits per heavy atom. The predicted octanol–water partition coefficient (Wildman–Crippen LogP) is 4.46. The number of anilines is 1. The van der Waals surface area contributed by atoms with Gasteiger partial charge >= 0.3 is 0 Å². The van der Waals surface area contributed by atoms with Crippen LogP contribution in [0.4, 0.5) is 5.69 Å². The number of rotatable bonds is 2. The number of nitrogens with one attached hydrogen (secondary N) is 1. The average molecular weight is 337 g/mol. The fourth-order valence-corrected chi connectivity index (χ4v) is 2.73. The Hall–Kier alpha value is -1.52. The van der Waals surface area contributed by atoms with Gasteiger partial charge in [0.2, 0.25) is 0 Å². The number of hydrogen-bond acceptors (Lipinski definition) is 2. The molecule has 0 amide bonds. The molecule has 3 aromatic rings. The normalized spacial score (nSPS) is 10.9. The molecule has 0 fully saturated rings. The molecule has 2 aromatic heterocycles. The van der Waals surface area contributed by atoms with Gasteiger partial charge in [-0.3, -0.25) is 4.40 Å². The summed E-state index contributed by atoms with van der Waals surface area (Å²) in [6.07, 6.45) is 1.98. The molecule has 3 rings (SSSR count). The summed E-state index contributed by atoms with van der Waals surface area (Å²) in [7, 11) is 1.89. The van der Waals surface area contributed by atoms with E-state index in [0.29, 0.717) is 5.02 Å². The zero-order valence-electron chi connectivity index (χ0n) is 10.2. The first kappa shape index (κ1) is 12.5. The second-order valence-corrected chi connectivity index (χ2v) is 5.29. The van der Waals surface area contributed by atoms with Crippen LogP contribution in [0.1, 0.15) is 0 Å². The molecule has 0 spiro atoms. The van der Waals surface area contributed by atoms with E-state index in [1.54, 1.807) is 0 Å². The Labute approximate surface area is 124 Å². The summed E-state index contributed by atoms with van der Waals surface area (Å²) in [5, 5.41) is 3.81. The fraction of sp³-hybridized carbons (Fsp3) is 0.0714. The van der Waals surface area contributed by atoms with Crippen LogP contribution < -0.4 is 5.32 Å². The predicted molar refractivity (Wildman–Crippen MR) is 82.9 cm³/mol. The highest BCUT2D eigenvalue weighted by Gasteiger charge is 2.13. The Balaban J connectivity index is 2.29. The number of pyridine rings is 1. The first-order chi connectivity index (χ1) is 9.20. The summed E-state index contributed by atoms with van der Waals surface area (Å²) in [5.74, 6) is 0.829. The van der Waals surface area contributed by atoms with Crippen molar-refractivity contribution in [3.63, 3.8) is 0 Å². The van der Waals surface area contributed by atoms with E-state index in [4.69, 9.17) is 11.6 Å². The molecule has 96 valence electrons. The largest absolute Gasteiger partial charge is 0.388 e. The summed E-state index contributed by atoms with van der Waals surface area (Å²) in [5.41, 5.74) is 2.96. The molecule has 2 heterocycles. The smallest absolute Gasteiger partial charge is 0.147 e. The van der Waals surface area contributed by atoms with Gasteiger partial charge in [-0.2, -0.15) is 0 Å². The monoisotopic (exact) mass is 335 g/mol. The Kier molecular flexibility index (Phi) is 3.21. The number of hydrogen-bond donors (Lipinski definition) is 1. The van der Waals surface area contributed by atoms with E-state index in [9.17, 15) is 0 Å². The molecule has 0 bridgehead atoms. The maximum atomic E-state index is 6.25. The second-order valence-electron chi connectivity index (χ2n) is 4.13. The molecule has 0 atom stereocenters. The summed E-state index contributed by atoms with van der Waals surface area (Å²) in [6.45, 7) is 0. The highest BCUT2D eigenvalue weighted by Crippen LogP contribution is 2.31. The van der Waals surface area contributed by atoms with Crippen LogP contribution in [0, 0.1) is 0 Å². The van der Waals surface area contributed by atoms with Crippen LogP contribution in [-0.4, -0.2) is 16.4 Å². The van der Waals surface area contributed by atoms with E-state index in [0.717, 1.165) is 27.2 Å². The number of imidazole rings is 1. The molecule has 19 heavy (non-hydrogen) atoms. The van der Waals surface area contributed by atoms with Crippen molar-refractivity contribution in [2.45, 2.75) is 0 Å². The first-order valence-corrected chi connectivity index (χ1v) is 6.98. The van der Waals surface area contributed by atoms with Crippen molar-refractivity contribution in [1.82, 2.24) is 9.38 Å². The van der Waals surface area contributed by atoms with Gasteiger partial charge in [0, 0.05) is 24.5 Å². The van der Waals surface area contributed by atoms with Crippen molar-refractivity contribution in [2.75, 3.05) is 12.4 Å². The van der Waals surface area contributed by atoms with E-state index in [2.05, 4.69) is 26.2 Å². The molecule has 0 aliphatic rings. The van der Waals surface area contributed by atoms with Crippen molar-refractivity contribution >= 4 is 38.7 Å². The molecular weight excluding hydrogens is 326 g/mol. The standard InChI is InChI=1S/C14H11BrClN3/c1-17-9-6-7-19-12(8-9)13(15)18-14(19)10-4-2-3-5-11(10)16/h2-8,17H,1H3. The molecule has 0 saturated carbocycles. The summed E-state index contributed by atoms with van der Waals surface area (Å²) in [4.78, 5) is 4.56. The average Bonchev–Trinajstić information content (AvgIpc) is 2.76. The highest BCUT2D eigenvalue weighted by molar-refractivity contribution is 9.10. The zero-order valence-corrected chi connectivity index (χ0v) is 12.5. The fourth-order valence-electron chi connectivity index (χ4n) is 2.04. The lowest BCUT2D eigenvalue weighted by Crippen LogP contribution is -1.92. The van der Waals surface area contributed by atoms with Gasteiger partial charge in [-0.15, -0.1) is 0 Å². The van der Waals surface area contributed by atoms with Gasteiger partial charge in [0.05, 0.1) is 10.5 Å². The topological polar surface area (TPSA) is 29.3 Å². The first-order valence-electron chi connectivity index (χ1n) is 5.81. The summed E-state index contributed by atoms with van der Waals surface area (Å²) < 4.78 is 2.83. The van der Waals surface area contributed by atoms with Crippen LogP contribution in [0.2, 0.25) is 5.02 Å². The lowest BCUT2D eigenvalue weighted by molar-refractivity contribution is 1.16. The maximum Gasteiger partial charge on any atom is 0.147 e. The van der Waals surface area contributed by atoms with Crippen LogP contribution in [0.15, 0.2) is 47.2 Å². The SMILES string of the molecule is CNc1ccn2c(-c3ccccc3Cl)nc(Br)c2c1. The van der Waals surface area contributed by atoms with Crippen LogP contribution in [0.5, 0.6) is 0 Å². The molecule has 5 heteroatoms. The minimum absolute atomic E-state index is 0.694. The van der Waals surface area contributed by atoms with E-state index >= 15 is 0 Å². The quantitative estimate of drug-likeness (QED) is 0.748. The van der Waals surface area contributed by atoms with Gasteiger partial charge in [-0.1, -0.05) is 23.7 Å². The number of fused-ring (bicyclic) bond motifs is 1. The molecule has 3 nitrogen and oxygen atoms in total. The van der Waals surface area contributed by atoms with Crippen molar-refractivity contribution in [3.05, 3.63) is 52.2 Å². The highest BCUT2D eigenvalue weighted by atomic mass is 79.9. The number of benzene rings is 1. The Morgan fingerprint density at radius 2 is 2.05 bits per heavy atom. The third-order valence-electron chi connectivity index (χ3n) is 3.00. The van der Waals surface area contributed by atoms with E-state index < -0.39 is 0 Å². The summed E-state index contributed by atoms with van der Waals surface area (Å²) in [6, 6.07) is 11.7. The van der Waals surface area contributed by atoms with Crippen LogP contribution >= 0.6 is 27.5 Å². The zero-order chi connectivity index (χ0) is 13.4. The lowest BCUT2D eigenvalue weighted by atomic mass is 10.2. The Bertz CT molecular complexity index is 752. The van der Waals surface area contributed by atoms with E-state index in [1.165, 1.54) is 0 Å². The van der Waals surface area contributed by atoms with Crippen LogP contribution in [-0.2, 0) is 0 Å². The molecule has 0 unspecified atom stereocenters. The van der Waals surface area contributed by atoms with E-state index in [-0.39, 0.29) is 0 Å². The minimum Gasteiger partial charge on any atom is -0.388 e. The molecule has 1 aromatic carbocycles. The van der Waals surface area contributed by atoms with Gasteiger partial charge in [0.15, 0.2) is 0 Å². The second kappa shape index (κ2) is 4.87. The molecular formula is C14H11BrClN3. The molecule has 1 N–H and O–H groups in total. The van der Waals surface area contributed by atoms with Gasteiger partial charge in [-0.05, 0) is 40.2 Å². The molecule has 0 saturated heterocycles. The lowest BCUT2D eigenvalue weighted by Gasteiger charge is -2.05. The minimum atomic E-state index is 0.694. The van der Waals surface area contributed by atoms with E-state index in [1.807, 2.05) is 54.0 Å². The van der Waals surface area contributed by atoms with Gasteiger partial charge in [-0.25, -0.2) is 4.98 Å². The number of nitrogens with zero attached hydrogens (tertiary/aromatic N) is 2. The third-order valence-corrected chi connectivity index (χ3v) is 3.92. The van der Waals surface area contributed by atoms with Crippen molar-refractivity contribution in [3.8, 4) is 11.4 Å². The number of halogens is 2. The van der Waals surface area contributed by atoms with Gasteiger partial charge in [0.1, 0.15) is 10.4 Å².